The average Bonchev–Trinajstić information content (AvgIpc) is 3.02. The normalized spacial score (nSPS) is 15.9. The molecule has 1 aromatic heterocycles. The minimum Gasteiger partial charge on any atom is -0.329 e. The number of benzene rings is 1. The third kappa shape index (κ3) is 5.50. The summed E-state index contributed by atoms with van der Waals surface area (Å²) in [5, 5.41) is 7.39. The van der Waals surface area contributed by atoms with Crippen molar-refractivity contribution >= 4 is 35.8 Å². The topological polar surface area (TPSA) is 59.0 Å². The van der Waals surface area contributed by atoms with Crippen LogP contribution in [0.25, 0.3) is 0 Å². The number of anilines is 1. The number of hydrogen-bond acceptors (Lipinski definition) is 4. The molecule has 7 heteroatoms. The molecule has 1 aromatic carbocycles. The number of aryl methyl sites for hydroxylation is 1. The van der Waals surface area contributed by atoms with E-state index in [4.69, 9.17) is 0 Å². The zero-order chi connectivity index (χ0) is 17.6. The summed E-state index contributed by atoms with van der Waals surface area (Å²) in [6.45, 7) is 4.34. The van der Waals surface area contributed by atoms with Gasteiger partial charge in [-0.2, -0.15) is 0 Å². The maximum Gasteiger partial charge on any atom is 0.224 e. The highest BCUT2D eigenvalue weighted by Gasteiger charge is 2.22. The molecule has 1 aliphatic heterocycles. The molecule has 1 saturated heterocycles. The Bertz CT molecular complexity index is 715. The summed E-state index contributed by atoms with van der Waals surface area (Å²) in [5.74, 6) is 1.15. The van der Waals surface area contributed by atoms with Gasteiger partial charge in [0.1, 0.15) is 0 Å². The summed E-state index contributed by atoms with van der Waals surface area (Å²) in [5.41, 5.74) is 0.859. The molecular weight excluding hydrogens is 368 g/mol. The van der Waals surface area contributed by atoms with Gasteiger partial charge in [-0.3, -0.25) is 4.79 Å². The summed E-state index contributed by atoms with van der Waals surface area (Å²) >= 11 is 1.57. The summed E-state index contributed by atoms with van der Waals surface area (Å²) in [7, 11) is 1.97. The van der Waals surface area contributed by atoms with Crippen LogP contribution in [0.3, 0.4) is 0 Å². The molecule has 142 valence electrons. The molecule has 3 rings (SSSR count). The van der Waals surface area contributed by atoms with Gasteiger partial charge >= 0.3 is 0 Å². The second-order valence-corrected chi connectivity index (χ2v) is 7.75. The Balaban J connectivity index is 0.00000243. The van der Waals surface area contributed by atoms with Crippen LogP contribution in [0.4, 0.5) is 5.69 Å². The third-order valence-electron chi connectivity index (χ3n) is 4.84. The van der Waals surface area contributed by atoms with Crippen LogP contribution in [0, 0.1) is 11.8 Å². The maximum absolute atomic E-state index is 12.5. The molecule has 1 unspecified atom stereocenters. The number of imidazole rings is 1. The molecule has 2 aromatic rings. The Morgan fingerprint density at radius 1 is 1.38 bits per heavy atom. The van der Waals surface area contributed by atoms with Crippen LogP contribution >= 0.6 is 24.2 Å². The first-order chi connectivity index (χ1) is 12.1. The maximum atomic E-state index is 12.5. The van der Waals surface area contributed by atoms with Crippen LogP contribution in [-0.2, 0) is 11.8 Å². The smallest absolute Gasteiger partial charge is 0.224 e. The van der Waals surface area contributed by atoms with Crippen molar-refractivity contribution in [2.75, 3.05) is 18.4 Å². The van der Waals surface area contributed by atoms with Crippen molar-refractivity contribution in [1.29, 1.82) is 0 Å². The van der Waals surface area contributed by atoms with Crippen LogP contribution < -0.4 is 10.6 Å². The van der Waals surface area contributed by atoms with E-state index in [1.54, 1.807) is 18.0 Å². The number of rotatable bonds is 6. The lowest BCUT2D eigenvalue weighted by Gasteiger charge is -2.28. The molecule has 1 atom stereocenters. The largest absolute Gasteiger partial charge is 0.329 e. The van der Waals surface area contributed by atoms with E-state index < -0.39 is 0 Å². The highest BCUT2D eigenvalue weighted by atomic mass is 35.5. The van der Waals surface area contributed by atoms with Gasteiger partial charge in [0.25, 0.3) is 0 Å². The molecule has 0 bridgehead atoms. The molecule has 26 heavy (non-hydrogen) atoms. The van der Waals surface area contributed by atoms with Crippen molar-refractivity contribution < 1.29 is 4.79 Å². The SMILES string of the molecule is CC(CC(=O)Nc1ccccc1Sc1nccn1C)C1CCNCC1.Cl. The second-order valence-electron chi connectivity index (χ2n) is 6.74. The fraction of sp³-hybridized carbons (Fsp3) is 0.474. The lowest BCUT2D eigenvalue weighted by molar-refractivity contribution is -0.117. The Morgan fingerprint density at radius 2 is 2.12 bits per heavy atom. The standard InChI is InChI=1S/C19H26N4OS.ClH/c1-14(15-7-9-20-10-8-15)13-18(24)22-16-5-3-4-6-17(16)25-19-21-11-12-23(19)2;/h3-6,11-12,14-15,20H,7-10,13H2,1-2H3,(H,22,24);1H. The number of piperidine rings is 1. The van der Waals surface area contributed by atoms with Gasteiger partial charge in [-0.15, -0.1) is 12.4 Å². The van der Waals surface area contributed by atoms with Gasteiger partial charge in [0.05, 0.1) is 5.69 Å². The summed E-state index contributed by atoms with van der Waals surface area (Å²) in [6, 6.07) is 7.91. The number of hydrogen-bond donors (Lipinski definition) is 2. The van der Waals surface area contributed by atoms with Crippen molar-refractivity contribution in [3.8, 4) is 0 Å². The van der Waals surface area contributed by atoms with Crippen LogP contribution in [-0.4, -0.2) is 28.5 Å². The Kier molecular flexibility index (Phi) is 8.00. The molecule has 0 aliphatic carbocycles. The number of nitrogens with one attached hydrogen (secondary N) is 2. The monoisotopic (exact) mass is 394 g/mol. The van der Waals surface area contributed by atoms with Gasteiger partial charge in [0, 0.05) is 30.8 Å². The Morgan fingerprint density at radius 3 is 2.81 bits per heavy atom. The van der Waals surface area contributed by atoms with Gasteiger partial charge in [0.2, 0.25) is 5.91 Å². The number of carbonyl (C=O) groups is 1. The number of aromatic nitrogens is 2. The lowest BCUT2D eigenvalue weighted by Crippen LogP contribution is -2.32. The van der Waals surface area contributed by atoms with E-state index in [0.717, 1.165) is 28.8 Å². The molecule has 1 aliphatic rings. The predicted octanol–water partition coefficient (Wildman–Crippen LogP) is 3.96. The van der Waals surface area contributed by atoms with Crippen molar-refractivity contribution in [2.24, 2.45) is 18.9 Å². The molecular formula is C19H27ClN4OS. The van der Waals surface area contributed by atoms with E-state index in [1.165, 1.54) is 12.8 Å². The summed E-state index contributed by atoms with van der Waals surface area (Å²) < 4.78 is 1.97. The lowest BCUT2D eigenvalue weighted by atomic mass is 9.84. The van der Waals surface area contributed by atoms with Crippen molar-refractivity contribution in [2.45, 2.75) is 36.2 Å². The van der Waals surface area contributed by atoms with E-state index in [-0.39, 0.29) is 18.3 Å². The van der Waals surface area contributed by atoms with Gasteiger partial charge in [0.15, 0.2) is 5.16 Å². The number of para-hydroxylation sites is 1. The fourth-order valence-electron chi connectivity index (χ4n) is 3.28. The molecule has 0 spiro atoms. The van der Waals surface area contributed by atoms with E-state index in [9.17, 15) is 4.79 Å². The van der Waals surface area contributed by atoms with Gasteiger partial charge in [-0.1, -0.05) is 19.1 Å². The number of nitrogens with zero attached hydrogens (tertiary/aromatic N) is 2. The molecule has 2 heterocycles. The average molecular weight is 395 g/mol. The van der Waals surface area contributed by atoms with Crippen LogP contribution in [0.5, 0.6) is 0 Å². The molecule has 1 fully saturated rings. The Labute approximate surface area is 165 Å². The predicted molar refractivity (Wildman–Crippen MR) is 109 cm³/mol. The number of amides is 1. The summed E-state index contributed by atoms with van der Waals surface area (Å²) in [6.07, 6.45) is 6.61. The first-order valence-electron chi connectivity index (χ1n) is 8.88. The zero-order valence-corrected chi connectivity index (χ0v) is 16.9. The van der Waals surface area contributed by atoms with E-state index in [1.807, 2.05) is 42.1 Å². The number of carbonyl (C=O) groups excluding carboxylic acids is 1. The van der Waals surface area contributed by atoms with Crippen molar-refractivity contribution in [3.05, 3.63) is 36.7 Å². The zero-order valence-electron chi connectivity index (χ0n) is 15.3. The van der Waals surface area contributed by atoms with E-state index >= 15 is 0 Å². The first-order valence-corrected chi connectivity index (χ1v) is 9.70. The quantitative estimate of drug-likeness (QED) is 0.778. The summed E-state index contributed by atoms with van der Waals surface area (Å²) in [4.78, 5) is 17.9. The van der Waals surface area contributed by atoms with Gasteiger partial charge < -0.3 is 15.2 Å². The molecule has 2 N–H and O–H groups in total. The molecule has 1 amide bonds. The van der Waals surface area contributed by atoms with Crippen molar-refractivity contribution in [3.63, 3.8) is 0 Å². The Hall–Kier alpha value is -1.50. The van der Waals surface area contributed by atoms with Crippen LogP contribution in [0.2, 0.25) is 0 Å². The molecule has 5 nitrogen and oxygen atoms in total. The highest BCUT2D eigenvalue weighted by molar-refractivity contribution is 7.99. The molecule has 0 saturated carbocycles. The van der Waals surface area contributed by atoms with Crippen LogP contribution in [0.15, 0.2) is 46.7 Å². The first kappa shape index (κ1) is 20.8. The van der Waals surface area contributed by atoms with Crippen molar-refractivity contribution in [1.82, 2.24) is 14.9 Å². The third-order valence-corrected chi connectivity index (χ3v) is 5.99. The van der Waals surface area contributed by atoms with E-state index in [2.05, 4.69) is 22.5 Å². The highest BCUT2D eigenvalue weighted by Crippen LogP contribution is 2.32. The van der Waals surface area contributed by atoms with Gasteiger partial charge in [-0.05, 0) is 61.7 Å². The van der Waals surface area contributed by atoms with Crippen LogP contribution in [0.1, 0.15) is 26.2 Å². The van der Waals surface area contributed by atoms with E-state index in [0.29, 0.717) is 18.3 Å². The minimum atomic E-state index is 0. The second kappa shape index (κ2) is 10.00. The molecule has 0 radical (unpaired) electrons. The number of halogens is 1. The fourth-order valence-corrected chi connectivity index (χ4v) is 4.17. The van der Waals surface area contributed by atoms with Gasteiger partial charge in [-0.25, -0.2) is 4.98 Å². The minimum absolute atomic E-state index is 0.